The van der Waals surface area contributed by atoms with Crippen molar-refractivity contribution in [1.29, 1.82) is 0 Å². The van der Waals surface area contributed by atoms with E-state index in [1.165, 1.54) is 0 Å². The summed E-state index contributed by atoms with van der Waals surface area (Å²) in [5, 5.41) is 0.857. The van der Waals surface area contributed by atoms with Crippen molar-refractivity contribution in [3.8, 4) is 11.5 Å². The molecule has 0 aliphatic rings. The number of hydrazine groups is 1. The topological polar surface area (TPSA) is 69.4 Å². The Bertz CT molecular complexity index is 597. The van der Waals surface area contributed by atoms with Gasteiger partial charge in [-0.2, -0.15) is 0 Å². The molecule has 0 saturated heterocycles. The van der Waals surface area contributed by atoms with Gasteiger partial charge in [0, 0.05) is 17.8 Å². The Balaban J connectivity index is 2.80. The van der Waals surface area contributed by atoms with Gasteiger partial charge in [-0.1, -0.05) is 13.8 Å². The van der Waals surface area contributed by atoms with Crippen molar-refractivity contribution in [2.75, 3.05) is 19.6 Å². The van der Waals surface area contributed by atoms with E-state index in [1.54, 1.807) is 14.2 Å². The minimum Gasteiger partial charge on any atom is -0.497 e. The van der Waals surface area contributed by atoms with Crippen LogP contribution in [0.25, 0.3) is 10.9 Å². The number of rotatable bonds is 4. The van der Waals surface area contributed by atoms with E-state index in [4.69, 9.17) is 15.3 Å². The molecule has 0 unspecified atom stereocenters. The minimum absolute atomic E-state index is 0.314. The molecule has 0 saturated carbocycles. The molecule has 2 rings (SSSR count). The van der Waals surface area contributed by atoms with Gasteiger partial charge >= 0.3 is 0 Å². The summed E-state index contributed by atoms with van der Waals surface area (Å²) in [5.74, 6) is 7.32. The summed E-state index contributed by atoms with van der Waals surface area (Å²) in [6, 6.07) is 5.65. The van der Waals surface area contributed by atoms with Crippen molar-refractivity contribution in [1.82, 2.24) is 4.98 Å². The number of fused-ring (bicyclic) bond motifs is 1. The van der Waals surface area contributed by atoms with Crippen LogP contribution in [0.5, 0.6) is 11.5 Å². The smallest absolute Gasteiger partial charge is 0.134 e. The van der Waals surface area contributed by atoms with Gasteiger partial charge in [0.05, 0.1) is 30.8 Å². The van der Waals surface area contributed by atoms with Crippen LogP contribution >= 0.6 is 0 Å². The van der Waals surface area contributed by atoms with E-state index in [9.17, 15) is 0 Å². The molecule has 102 valence electrons. The van der Waals surface area contributed by atoms with Gasteiger partial charge in [-0.25, -0.2) is 0 Å². The van der Waals surface area contributed by atoms with E-state index in [1.807, 2.05) is 18.2 Å². The molecule has 0 amide bonds. The third kappa shape index (κ3) is 2.42. The van der Waals surface area contributed by atoms with E-state index in [0.717, 1.165) is 22.3 Å². The first-order chi connectivity index (χ1) is 9.10. The van der Waals surface area contributed by atoms with Crippen molar-refractivity contribution in [2.45, 2.75) is 19.8 Å². The fourth-order valence-corrected chi connectivity index (χ4v) is 2.01. The van der Waals surface area contributed by atoms with Crippen LogP contribution in [-0.4, -0.2) is 19.2 Å². The molecule has 1 aromatic carbocycles. The maximum atomic E-state index is 5.61. The van der Waals surface area contributed by atoms with Crippen LogP contribution in [0.15, 0.2) is 18.2 Å². The van der Waals surface area contributed by atoms with Gasteiger partial charge in [0.15, 0.2) is 0 Å². The van der Waals surface area contributed by atoms with Gasteiger partial charge in [-0.15, -0.1) is 0 Å². The van der Waals surface area contributed by atoms with Crippen LogP contribution in [-0.2, 0) is 0 Å². The van der Waals surface area contributed by atoms with E-state index >= 15 is 0 Å². The summed E-state index contributed by atoms with van der Waals surface area (Å²) in [5.41, 5.74) is 5.29. The van der Waals surface area contributed by atoms with Gasteiger partial charge in [0.2, 0.25) is 0 Å². The van der Waals surface area contributed by atoms with Gasteiger partial charge < -0.3 is 14.9 Å². The quantitative estimate of drug-likeness (QED) is 0.654. The number of nitrogens with one attached hydrogen (secondary N) is 1. The average Bonchev–Trinajstić information content (AvgIpc) is 2.44. The number of methoxy groups -OCH3 is 2. The highest BCUT2D eigenvalue weighted by atomic mass is 16.5. The predicted octanol–water partition coefficient (Wildman–Crippen LogP) is 2.66. The summed E-state index contributed by atoms with van der Waals surface area (Å²) in [7, 11) is 3.24. The molecule has 0 radical (unpaired) electrons. The zero-order valence-corrected chi connectivity index (χ0v) is 11.7. The van der Waals surface area contributed by atoms with Crippen LogP contribution in [0.4, 0.5) is 5.69 Å². The molecular weight excluding hydrogens is 242 g/mol. The normalized spacial score (nSPS) is 10.8. The molecule has 1 heterocycles. The van der Waals surface area contributed by atoms with E-state index in [-0.39, 0.29) is 0 Å². The number of nitrogen functional groups attached to an aromatic ring is 1. The number of pyridine rings is 1. The Labute approximate surface area is 112 Å². The lowest BCUT2D eigenvalue weighted by atomic mass is 10.1. The number of anilines is 1. The Morgan fingerprint density at radius 3 is 2.42 bits per heavy atom. The second-order valence-corrected chi connectivity index (χ2v) is 4.62. The molecule has 1 aromatic heterocycles. The fraction of sp³-hybridized carbons (Fsp3) is 0.357. The average molecular weight is 261 g/mol. The predicted molar refractivity (Wildman–Crippen MR) is 76.7 cm³/mol. The molecule has 0 atom stereocenters. The lowest BCUT2D eigenvalue weighted by Gasteiger charge is -2.15. The van der Waals surface area contributed by atoms with Crippen LogP contribution in [0.3, 0.4) is 0 Å². The summed E-state index contributed by atoms with van der Waals surface area (Å²) < 4.78 is 10.7. The first kappa shape index (κ1) is 13.4. The number of nitrogens with two attached hydrogens (primary N) is 1. The third-order valence-corrected chi connectivity index (χ3v) is 3.07. The lowest BCUT2D eigenvalue weighted by molar-refractivity contribution is 0.398. The molecule has 0 aliphatic carbocycles. The Hall–Kier alpha value is -2.01. The van der Waals surface area contributed by atoms with Crippen molar-refractivity contribution in [3.05, 3.63) is 23.9 Å². The van der Waals surface area contributed by atoms with Gasteiger partial charge in [0.25, 0.3) is 0 Å². The highest BCUT2D eigenvalue weighted by Crippen LogP contribution is 2.36. The number of hydrogen-bond donors (Lipinski definition) is 2. The molecule has 0 fully saturated rings. The van der Waals surface area contributed by atoms with Crippen molar-refractivity contribution in [2.24, 2.45) is 5.84 Å². The zero-order chi connectivity index (χ0) is 14.0. The molecule has 5 nitrogen and oxygen atoms in total. The second kappa shape index (κ2) is 5.32. The Kier molecular flexibility index (Phi) is 3.76. The zero-order valence-electron chi connectivity index (χ0n) is 11.7. The van der Waals surface area contributed by atoms with Gasteiger partial charge in [0.1, 0.15) is 11.5 Å². The molecule has 0 aliphatic heterocycles. The van der Waals surface area contributed by atoms with Gasteiger partial charge in [-0.05, 0) is 12.0 Å². The summed E-state index contributed by atoms with van der Waals surface area (Å²) in [6.45, 7) is 4.18. The fourth-order valence-electron chi connectivity index (χ4n) is 2.01. The molecule has 2 aromatic rings. The van der Waals surface area contributed by atoms with E-state index in [2.05, 4.69) is 24.3 Å². The molecular formula is C14H19N3O2. The van der Waals surface area contributed by atoms with E-state index < -0.39 is 0 Å². The van der Waals surface area contributed by atoms with E-state index in [0.29, 0.717) is 17.4 Å². The highest BCUT2D eigenvalue weighted by Gasteiger charge is 2.13. The molecule has 3 N–H and O–H groups in total. The molecule has 0 spiro atoms. The maximum absolute atomic E-state index is 5.61. The maximum Gasteiger partial charge on any atom is 0.134 e. The summed E-state index contributed by atoms with van der Waals surface area (Å²) in [6.07, 6.45) is 0. The number of nitrogens with zero attached hydrogens (tertiary/aromatic N) is 1. The summed E-state index contributed by atoms with van der Waals surface area (Å²) in [4.78, 5) is 4.64. The van der Waals surface area contributed by atoms with Gasteiger partial charge in [-0.3, -0.25) is 10.8 Å². The van der Waals surface area contributed by atoms with Crippen molar-refractivity contribution < 1.29 is 9.47 Å². The van der Waals surface area contributed by atoms with Crippen molar-refractivity contribution in [3.63, 3.8) is 0 Å². The highest BCUT2D eigenvalue weighted by molar-refractivity contribution is 5.97. The Morgan fingerprint density at radius 2 is 1.89 bits per heavy atom. The molecule has 5 heteroatoms. The van der Waals surface area contributed by atoms with Crippen LogP contribution in [0.1, 0.15) is 25.5 Å². The largest absolute Gasteiger partial charge is 0.497 e. The number of aromatic nitrogens is 1. The van der Waals surface area contributed by atoms with Crippen LogP contribution < -0.4 is 20.7 Å². The number of ether oxygens (including phenoxy) is 2. The first-order valence-electron chi connectivity index (χ1n) is 6.14. The third-order valence-electron chi connectivity index (χ3n) is 3.07. The summed E-state index contributed by atoms with van der Waals surface area (Å²) >= 11 is 0. The second-order valence-electron chi connectivity index (χ2n) is 4.62. The lowest BCUT2D eigenvalue weighted by Crippen LogP contribution is -2.09. The molecule has 0 bridgehead atoms. The first-order valence-corrected chi connectivity index (χ1v) is 6.14. The number of hydrogen-bond acceptors (Lipinski definition) is 5. The van der Waals surface area contributed by atoms with Crippen LogP contribution in [0.2, 0.25) is 0 Å². The molecule has 19 heavy (non-hydrogen) atoms. The Morgan fingerprint density at radius 1 is 1.16 bits per heavy atom. The monoisotopic (exact) mass is 261 g/mol. The van der Waals surface area contributed by atoms with Crippen LogP contribution in [0, 0.1) is 0 Å². The SMILES string of the molecule is COc1cc(OC)c2c(NN)cc(C(C)C)nc2c1. The van der Waals surface area contributed by atoms with Crippen molar-refractivity contribution >= 4 is 16.6 Å². The standard InChI is InChI=1S/C14H19N3O2/c1-8(2)10-7-12(17-15)14-11(16-10)5-9(18-3)6-13(14)19-4/h5-8H,15H2,1-4H3,(H,16,17). The minimum atomic E-state index is 0.314. The number of benzene rings is 1.